The molecule has 0 aliphatic heterocycles. The zero-order valence-corrected chi connectivity index (χ0v) is 10.0. The van der Waals surface area contributed by atoms with Crippen LogP contribution in [-0.2, 0) is 6.54 Å². The molecule has 0 N–H and O–H groups in total. The first-order chi connectivity index (χ1) is 8.31. The molecule has 0 atom stereocenters. The smallest absolute Gasteiger partial charge is 0.299 e. The average Bonchev–Trinajstić information content (AvgIpc) is 2.31. The van der Waals surface area contributed by atoms with Crippen molar-refractivity contribution in [1.82, 2.24) is 4.57 Å². The molecule has 18 heavy (non-hydrogen) atoms. The SMILES string of the molecule is Cc1c(C)c2ccccc2n(CC(F)(F)F)c1=O. The molecule has 1 heterocycles. The van der Waals surface area contributed by atoms with Crippen molar-refractivity contribution >= 4 is 10.9 Å². The van der Waals surface area contributed by atoms with Crippen molar-refractivity contribution in [2.75, 3.05) is 0 Å². The topological polar surface area (TPSA) is 22.0 Å². The molecule has 0 aliphatic carbocycles. The van der Waals surface area contributed by atoms with Crippen molar-refractivity contribution in [3.05, 3.63) is 45.7 Å². The number of aromatic nitrogens is 1. The lowest BCUT2D eigenvalue weighted by Crippen LogP contribution is -2.30. The second kappa shape index (κ2) is 4.15. The fraction of sp³-hybridized carbons (Fsp3) is 0.308. The zero-order chi connectivity index (χ0) is 13.5. The second-order valence-corrected chi connectivity index (χ2v) is 4.27. The van der Waals surface area contributed by atoms with Gasteiger partial charge in [0.2, 0.25) is 0 Å². The van der Waals surface area contributed by atoms with Gasteiger partial charge in [-0.05, 0) is 25.5 Å². The molecule has 0 radical (unpaired) electrons. The molecular weight excluding hydrogens is 243 g/mol. The molecule has 96 valence electrons. The number of rotatable bonds is 1. The minimum absolute atomic E-state index is 0.322. The van der Waals surface area contributed by atoms with E-state index in [1.807, 2.05) is 0 Å². The normalized spacial score (nSPS) is 12.1. The van der Waals surface area contributed by atoms with E-state index in [-0.39, 0.29) is 0 Å². The van der Waals surface area contributed by atoms with Gasteiger partial charge >= 0.3 is 6.18 Å². The Kier molecular flexibility index (Phi) is 2.92. The van der Waals surface area contributed by atoms with Crippen molar-refractivity contribution in [3.8, 4) is 0 Å². The van der Waals surface area contributed by atoms with Gasteiger partial charge in [-0.15, -0.1) is 0 Å². The molecule has 1 aromatic heterocycles. The summed E-state index contributed by atoms with van der Waals surface area (Å²) in [5.74, 6) is 0. The summed E-state index contributed by atoms with van der Waals surface area (Å²) in [6.07, 6.45) is -4.41. The van der Waals surface area contributed by atoms with Crippen LogP contribution in [0.3, 0.4) is 0 Å². The molecular formula is C13H12F3NO. The van der Waals surface area contributed by atoms with Crippen molar-refractivity contribution < 1.29 is 13.2 Å². The van der Waals surface area contributed by atoms with Gasteiger partial charge in [-0.25, -0.2) is 0 Å². The van der Waals surface area contributed by atoms with E-state index >= 15 is 0 Å². The molecule has 2 aromatic rings. The highest BCUT2D eigenvalue weighted by atomic mass is 19.4. The maximum atomic E-state index is 12.5. The standard InChI is InChI=1S/C13H12F3NO/c1-8-9(2)12(18)17(7-13(14,15)16)11-6-4-3-5-10(8)11/h3-6H,7H2,1-2H3. The van der Waals surface area contributed by atoms with E-state index < -0.39 is 18.3 Å². The predicted molar refractivity (Wildman–Crippen MR) is 63.7 cm³/mol. The van der Waals surface area contributed by atoms with Crippen molar-refractivity contribution in [3.63, 3.8) is 0 Å². The largest absolute Gasteiger partial charge is 0.406 e. The van der Waals surface area contributed by atoms with Crippen LogP contribution in [0.15, 0.2) is 29.1 Å². The maximum Gasteiger partial charge on any atom is 0.406 e. The summed E-state index contributed by atoms with van der Waals surface area (Å²) in [6, 6.07) is 6.64. The monoisotopic (exact) mass is 255 g/mol. The lowest BCUT2D eigenvalue weighted by atomic mass is 10.1. The third-order valence-corrected chi connectivity index (χ3v) is 3.06. The molecule has 0 bridgehead atoms. The lowest BCUT2D eigenvalue weighted by Gasteiger charge is -2.15. The second-order valence-electron chi connectivity index (χ2n) is 4.27. The average molecular weight is 255 g/mol. The van der Waals surface area contributed by atoms with E-state index in [9.17, 15) is 18.0 Å². The van der Waals surface area contributed by atoms with Crippen molar-refractivity contribution in [2.24, 2.45) is 0 Å². The van der Waals surface area contributed by atoms with Gasteiger partial charge in [-0.3, -0.25) is 9.36 Å². The van der Waals surface area contributed by atoms with Gasteiger partial charge < -0.3 is 0 Å². The molecule has 0 amide bonds. The Bertz CT molecular complexity index is 656. The van der Waals surface area contributed by atoms with E-state index in [2.05, 4.69) is 0 Å². The Hall–Kier alpha value is -1.78. The number of benzene rings is 1. The van der Waals surface area contributed by atoms with Crippen LogP contribution in [0.1, 0.15) is 11.1 Å². The maximum absolute atomic E-state index is 12.5. The summed E-state index contributed by atoms with van der Waals surface area (Å²) < 4.78 is 38.4. The molecule has 0 fully saturated rings. The number of hydrogen-bond acceptors (Lipinski definition) is 1. The number of aryl methyl sites for hydroxylation is 1. The van der Waals surface area contributed by atoms with E-state index in [0.29, 0.717) is 16.5 Å². The van der Waals surface area contributed by atoms with Gasteiger partial charge in [0.25, 0.3) is 5.56 Å². The van der Waals surface area contributed by atoms with Gasteiger partial charge in [0.1, 0.15) is 6.54 Å². The van der Waals surface area contributed by atoms with Gasteiger partial charge in [0.15, 0.2) is 0 Å². The molecule has 0 saturated carbocycles. The van der Waals surface area contributed by atoms with Crippen molar-refractivity contribution in [1.29, 1.82) is 0 Å². The Morgan fingerprint density at radius 1 is 1.11 bits per heavy atom. The van der Waals surface area contributed by atoms with E-state index in [1.54, 1.807) is 32.0 Å². The van der Waals surface area contributed by atoms with Crippen LogP contribution in [0, 0.1) is 13.8 Å². The van der Waals surface area contributed by atoms with Gasteiger partial charge in [0.05, 0.1) is 5.52 Å². The van der Waals surface area contributed by atoms with Crippen LogP contribution in [0.4, 0.5) is 13.2 Å². The first-order valence-corrected chi connectivity index (χ1v) is 5.47. The Morgan fingerprint density at radius 3 is 2.33 bits per heavy atom. The highest BCUT2D eigenvalue weighted by molar-refractivity contribution is 5.83. The number of para-hydroxylation sites is 1. The zero-order valence-electron chi connectivity index (χ0n) is 10.0. The van der Waals surface area contributed by atoms with Crippen LogP contribution in [0.25, 0.3) is 10.9 Å². The first kappa shape index (κ1) is 12.7. The molecule has 0 unspecified atom stereocenters. The van der Waals surface area contributed by atoms with E-state index in [0.717, 1.165) is 10.1 Å². The summed E-state index contributed by atoms with van der Waals surface area (Å²) in [6.45, 7) is 2.04. The molecule has 0 aliphatic rings. The van der Waals surface area contributed by atoms with E-state index in [1.165, 1.54) is 6.07 Å². The number of hydrogen-bond donors (Lipinski definition) is 0. The number of alkyl halides is 3. The third-order valence-electron chi connectivity index (χ3n) is 3.06. The summed E-state index contributed by atoms with van der Waals surface area (Å²) in [7, 11) is 0. The Morgan fingerprint density at radius 2 is 1.72 bits per heavy atom. The Labute approximate surface area is 102 Å². The summed E-state index contributed by atoms with van der Waals surface area (Å²) >= 11 is 0. The molecule has 1 aromatic carbocycles. The highest BCUT2D eigenvalue weighted by Gasteiger charge is 2.29. The van der Waals surface area contributed by atoms with Crippen LogP contribution in [-0.4, -0.2) is 10.7 Å². The molecule has 2 nitrogen and oxygen atoms in total. The first-order valence-electron chi connectivity index (χ1n) is 5.47. The number of halogens is 3. The van der Waals surface area contributed by atoms with Gasteiger partial charge in [-0.1, -0.05) is 18.2 Å². The summed E-state index contributed by atoms with van der Waals surface area (Å²) in [5.41, 5.74) is 0.832. The quantitative estimate of drug-likeness (QED) is 0.767. The third kappa shape index (κ3) is 2.12. The number of pyridine rings is 1. The molecule has 2 rings (SSSR count). The number of fused-ring (bicyclic) bond motifs is 1. The Balaban J connectivity index is 2.83. The van der Waals surface area contributed by atoms with Crippen LogP contribution < -0.4 is 5.56 Å². The molecule has 0 saturated heterocycles. The summed E-state index contributed by atoms with van der Waals surface area (Å²) in [5, 5.41) is 0.679. The van der Waals surface area contributed by atoms with Gasteiger partial charge in [0, 0.05) is 10.9 Å². The fourth-order valence-corrected chi connectivity index (χ4v) is 2.04. The predicted octanol–water partition coefficient (Wildman–Crippen LogP) is 3.18. The van der Waals surface area contributed by atoms with Gasteiger partial charge in [-0.2, -0.15) is 13.2 Å². The lowest BCUT2D eigenvalue weighted by molar-refractivity contribution is -0.140. The van der Waals surface area contributed by atoms with E-state index in [4.69, 9.17) is 0 Å². The van der Waals surface area contributed by atoms with Crippen LogP contribution in [0.2, 0.25) is 0 Å². The minimum atomic E-state index is -4.41. The molecule has 5 heteroatoms. The fourth-order valence-electron chi connectivity index (χ4n) is 2.04. The minimum Gasteiger partial charge on any atom is -0.299 e. The molecule has 0 spiro atoms. The van der Waals surface area contributed by atoms with Crippen LogP contribution in [0.5, 0.6) is 0 Å². The van der Waals surface area contributed by atoms with Crippen LogP contribution >= 0.6 is 0 Å². The highest BCUT2D eigenvalue weighted by Crippen LogP contribution is 2.23. The summed E-state index contributed by atoms with van der Waals surface area (Å²) in [4.78, 5) is 11.9. The number of nitrogens with zero attached hydrogens (tertiary/aromatic N) is 1. The van der Waals surface area contributed by atoms with Crippen molar-refractivity contribution in [2.45, 2.75) is 26.6 Å².